The summed E-state index contributed by atoms with van der Waals surface area (Å²) < 4.78 is 6.94. The van der Waals surface area contributed by atoms with E-state index >= 15 is 0 Å². The molecule has 1 aromatic heterocycles. The van der Waals surface area contributed by atoms with Gasteiger partial charge in [-0.25, -0.2) is 0 Å². The zero-order valence-corrected chi connectivity index (χ0v) is 12.0. The predicted molar refractivity (Wildman–Crippen MR) is 80.7 cm³/mol. The number of pyridine rings is 1. The molecule has 2 aromatic carbocycles. The number of benzene rings is 2. The van der Waals surface area contributed by atoms with Crippen LogP contribution in [0.25, 0.3) is 10.9 Å². The topological polar surface area (TPSA) is 22.1 Å². The maximum atomic E-state index is 5.92. The van der Waals surface area contributed by atoms with Crippen LogP contribution in [0.3, 0.4) is 0 Å². The van der Waals surface area contributed by atoms with E-state index in [4.69, 9.17) is 4.74 Å². The van der Waals surface area contributed by atoms with Crippen molar-refractivity contribution in [3.63, 3.8) is 0 Å². The lowest BCUT2D eigenvalue weighted by Crippen LogP contribution is -1.88. The molecule has 0 spiro atoms. The molecule has 0 aliphatic rings. The molecule has 3 rings (SSSR count). The molecule has 0 radical (unpaired) electrons. The predicted octanol–water partition coefficient (Wildman–Crippen LogP) is 5.10. The number of aromatic nitrogens is 1. The highest BCUT2D eigenvalue weighted by Gasteiger charge is 2.06. The van der Waals surface area contributed by atoms with Crippen LogP contribution >= 0.6 is 15.9 Å². The van der Waals surface area contributed by atoms with Gasteiger partial charge in [0, 0.05) is 16.1 Å². The summed E-state index contributed by atoms with van der Waals surface area (Å²) in [4.78, 5) is 4.40. The van der Waals surface area contributed by atoms with Crippen LogP contribution in [0.15, 0.2) is 59.2 Å². The smallest absolute Gasteiger partial charge is 0.153 e. The highest BCUT2D eigenvalue weighted by molar-refractivity contribution is 9.10. The Morgan fingerprint density at radius 2 is 1.79 bits per heavy atom. The van der Waals surface area contributed by atoms with Crippen LogP contribution in [0.1, 0.15) is 5.56 Å². The normalized spacial score (nSPS) is 10.6. The molecule has 0 N–H and O–H groups in total. The van der Waals surface area contributed by atoms with Crippen molar-refractivity contribution in [1.29, 1.82) is 0 Å². The van der Waals surface area contributed by atoms with Gasteiger partial charge in [-0.15, -0.1) is 0 Å². The van der Waals surface area contributed by atoms with Gasteiger partial charge in [0.2, 0.25) is 0 Å². The number of hydrogen-bond donors (Lipinski definition) is 0. The first kappa shape index (κ1) is 12.2. The average molecular weight is 314 g/mol. The van der Waals surface area contributed by atoms with Crippen molar-refractivity contribution in [1.82, 2.24) is 4.98 Å². The Labute approximate surface area is 120 Å². The maximum Gasteiger partial charge on any atom is 0.153 e. The number of para-hydroxylation sites is 1. The number of nitrogens with zero attached hydrogens (tertiary/aromatic N) is 1. The molecule has 2 nitrogen and oxygen atoms in total. The molecule has 3 heteroatoms. The van der Waals surface area contributed by atoms with E-state index in [2.05, 4.69) is 27.8 Å². The SMILES string of the molecule is Cc1ccc(Oc2cccc3c(Br)ccnc23)cc1. The minimum Gasteiger partial charge on any atom is -0.455 e. The number of fused-ring (bicyclic) bond motifs is 1. The van der Waals surface area contributed by atoms with Crippen molar-refractivity contribution in [2.45, 2.75) is 6.92 Å². The van der Waals surface area contributed by atoms with E-state index < -0.39 is 0 Å². The molecule has 3 aromatic rings. The van der Waals surface area contributed by atoms with E-state index in [1.165, 1.54) is 5.56 Å². The molecule has 94 valence electrons. The average Bonchev–Trinajstić information content (AvgIpc) is 2.43. The van der Waals surface area contributed by atoms with E-state index in [-0.39, 0.29) is 0 Å². The largest absolute Gasteiger partial charge is 0.455 e. The lowest BCUT2D eigenvalue weighted by molar-refractivity contribution is 0.487. The molecule has 0 saturated carbocycles. The van der Waals surface area contributed by atoms with Gasteiger partial charge < -0.3 is 4.74 Å². The Hall–Kier alpha value is -1.87. The third-order valence-electron chi connectivity index (χ3n) is 2.93. The van der Waals surface area contributed by atoms with Gasteiger partial charge in [0.25, 0.3) is 0 Å². The van der Waals surface area contributed by atoms with Gasteiger partial charge in [0.05, 0.1) is 0 Å². The molecule has 0 aliphatic carbocycles. The van der Waals surface area contributed by atoms with E-state index in [0.29, 0.717) is 0 Å². The minimum atomic E-state index is 0.766. The quantitative estimate of drug-likeness (QED) is 0.656. The summed E-state index contributed by atoms with van der Waals surface area (Å²) in [6, 6.07) is 15.8. The van der Waals surface area contributed by atoms with Crippen LogP contribution in [-0.4, -0.2) is 4.98 Å². The fourth-order valence-corrected chi connectivity index (χ4v) is 2.37. The van der Waals surface area contributed by atoms with Gasteiger partial charge in [0.1, 0.15) is 11.3 Å². The van der Waals surface area contributed by atoms with Gasteiger partial charge in [-0.1, -0.05) is 45.8 Å². The molecular weight excluding hydrogens is 302 g/mol. The zero-order chi connectivity index (χ0) is 13.2. The lowest BCUT2D eigenvalue weighted by Gasteiger charge is -2.09. The van der Waals surface area contributed by atoms with Crippen molar-refractivity contribution >= 4 is 26.8 Å². The van der Waals surface area contributed by atoms with Crippen LogP contribution < -0.4 is 4.74 Å². The summed E-state index contributed by atoms with van der Waals surface area (Å²) >= 11 is 3.53. The van der Waals surface area contributed by atoms with Crippen LogP contribution in [0.4, 0.5) is 0 Å². The van der Waals surface area contributed by atoms with Gasteiger partial charge in [0.15, 0.2) is 5.75 Å². The van der Waals surface area contributed by atoms with E-state index in [0.717, 1.165) is 26.9 Å². The summed E-state index contributed by atoms with van der Waals surface area (Å²) in [5, 5.41) is 1.05. The molecule has 0 unspecified atom stereocenters. The van der Waals surface area contributed by atoms with Crippen molar-refractivity contribution in [3.8, 4) is 11.5 Å². The second-order valence-corrected chi connectivity index (χ2v) is 5.21. The number of halogens is 1. The standard InChI is InChI=1S/C16H12BrNO/c1-11-5-7-12(8-6-11)19-15-4-2-3-13-14(17)9-10-18-16(13)15/h2-10H,1H3. The molecule has 0 amide bonds. The molecule has 1 heterocycles. The van der Waals surface area contributed by atoms with E-state index in [9.17, 15) is 0 Å². The van der Waals surface area contributed by atoms with Crippen LogP contribution in [-0.2, 0) is 0 Å². The summed E-state index contributed by atoms with van der Waals surface area (Å²) in [5.74, 6) is 1.59. The molecule has 0 aliphatic heterocycles. The first-order valence-electron chi connectivity index (χ1n) is 6.02. The van der Waals surface area contributed by atoms with E-state index in [1.807, 2.05) is 48.5 Å². The summed E-state index contributed by atoms with van der Waals surface area (Å²) in [6.45, 7) is 2.06. The lowest BCUT2D eigenvalue weighted by atomic mass is 10.2. The molecule has 0 bridgehead atoms. The zero-order valence-electron chi connectivity index (χ0n) is 10.4. The van der Waals surface area contributed by atoms with Crippen molar-refractivity contribution in [2.24, 2.45) is 0 Å². The Morgan fingerprint density at radius 1 is 1.00 bits per heavy atom. The molecular formula is C16H12BrNO. The number of ether oxygens (including phenoxy) is 1. The van der Waals surface area contributed by atoms with Gasteiger partial charge in [-0.2, -0.15) is 0 Å². The molecule has 19 heavy (non-hydrogen) atoms. The van der Waals surface area contributed by atoms with Crippen LogP contribution in [0.2, 0.25) is 0 Å². The maximum absolute atomic E-state index is 5.92. The van der Waals surface area contributed by atoms with E-state index in [1.54, 1.807) is 6.20 Å². The number of rotatable bonds is 2. The number of aryl methyl sites for hydroxylation is 1. The molecule has 0 saturated heterocycles. The Balaban J connectivity index is 2.06. The third kappa shape index (κ3) is 2.47. The summed E-state index contributed by atoms with van der Waals surface area (Å²) in [6.07, 6.45) is 1.77. The second-order valence-electron chi connectivity index (χ2n) is 4.36. The molecule has 0 fully saturated rings. The summed E-state index contributed by atoms with van der Waals surface area (Å²) in [7, 11) is 0. The van der Waals surface area contributed by atoms with Crippen molar-refractivity contribution < 1.29 is 4.74 Å². The van der Waals surface area contributed by atoms with Crippen LogP contribution in [0.5, 0.6) is 11.5 Å². The Bertz CT molecular complexity index is 722. The summed E-state index contributed by atoms with van der Waals surface area (Å²) in [5.41, 5.74) is 2.07. The monoisotopic (exact) mass is 313 g/mol. The highest BCUT2D eigenvalue weighted by atomic mass is 79.9. The number of hydrogen-bond acceptors (Lipinski definition) is 2. The Kier molecular flexibility index (Phi) is 3.22. The third-order valence-corrected chi connectivity index (χ3v) is 3.62. The fraction of sp³-hybridized carbons (Fsp3) is 0.0625. The first-order valence-corrected chi connectivity index (χ1v) is 6.81. The van der Waals surface area contributed by atoms with Gasteiger partial charge >= 0.3 is 0 Å². The van der Waals surface area contributed by atoms with Crippen molar-refractivity contribution in [2.75, 3.05) is 0 Å². The fourth-order valence-electron chi connectivity index (χ4n) is 1.93. The van der Waals surface area contributed by atoms with Crippen LogP contribution in [0, 0.1) is 6.92 Å². The highest BCUT2D eigenvalue weighted by Crippen LogP contribution is 2.31. The minimum absolute atomic E-state index is 0.766. The van der Waals surface area contributed by atoms with Gasteiger partial charge in [-0.05, 0) is 31.2 Å². The first-order chi connectivity index (χ1) is 9.24. The molecule has 0 atom stereocenters. The van der Waals surface area contributed by atoms with Gasteiger partial charge in [-0.3, -0.25) is 4.98 Å². The van der Waals surface area contributed by atoms with Crippen molar-refractivity contribution in [3.05, 3.63) is 64.8 Å². The second kappa shape index (κ2) is 5.02. The Morgan fingerprint density at radius 3 is 2.58 bits per heavy atom.